The van der Waals surface area contributed by atoms with Gasteiger partial charge < -0.3 is 10.6 Å². The number of carbonyl (C=O) groups excluding carboxylic acids is 2. The molecule has 0 fully saturated rings. The van der Waals surface area contributed by atoms with Gasteiger partial charge in [-0.3, -0.25) is 9.59 Å². The maximum absolute atomic E-state index is 13.6. The molecule has 2 N–H and O–H groups in total. The molecule has 8 heteroatoms. The first-order valence-corrected chi connectivity index (χ1v) is 9.09. The molecule has 0 radical (unpaired) electrons. The Morgan fingerprint density at radius 3 is 2.62 bits per heavy atom. The van der Waals surface area contributed by atoms with Crippen LogP contribution >= 0.6 is 11.3 Å². The molecule has 0 aliphatic carbocycles. The van der Waals surface area contributed by atoms with E-state index in [0.717, 1.165) is 12.1 Å². The van der Waals surface area contributed by atoms with Crippen LogP contribution in [0.4, 0.5) is 8.78 Å². The zero-order valence-corrected chi connectivity index (χ0v) is 15.6. The molecule has 1 aromatic heterocycles. The van der Waals surface area contributed by atoms with E-state index in [-0.39, 0.29) is 29.8 Å². The first-order valence-electron chi connectivity index (χ1n) is 8.21. The fourth-order valence-corrected chi connectivity index (χ4v) is 3.28. The Hall–Kier alpha value is -2.35. The van der Waals surface area contributed by atoms with Crippen LogP contribution in [0.5, 0.6) is 0 Å². The number of amides is 2. The molecular formula is C18H21F2N3O2S. The number of carbonyl (C=O) groups is 2. The van der Waals surface area contributed by atoms with Crippen LogP contribution in [0.1, 0.15) is 54.3 Å². The van der Waals surface area contributed by atoms with E-state index in [9.17, 15) is 18.4 Å². The quantitative estimate of drug-likeness (QED) is 0.770. The monoisotopic (exact) mass is 381 g/mol. The second kappa shape index (κ2) is 8.84. The van der Waals surface area contributed by atoms with E-state index in [2.05, 4.69) is 15.6 Å². The van der Waals surface area contributed by atoms with E-state index in [1.54, 1.807) is 5.38 Å². The average molecular weight is 381 g/mol. The fraction of sp³-hybridized carbons (Fsp3) is 0.389. The normalized spacial score (nSPS) is 12.1. The number of nitrogens with one attached hydrogen (secondary N) is 2. The molecule has 140 valence electrons. The number of rotatable bonds is 7. The number of hydrogen-bond acceptors (Lipinski definition) is 4. The molecule has 0 unspecified atom stereocenters. The van der Waals surface area contributed by atoms with Crippen LogP contribution in [0.15, 0.2) is 23.6 Å². The van der Waals surface area contributed by atoms with Crippen molar-refractivity contribution in [1.82, 2.24) is 15.6 Å². The summed E-state index contributed by atoms with van der Waals surface area (Å²) in [6.07, 6.45) is 0.703. The molecule has 0 saturated carbocycles. The van der Waals surface area contributed by atoms with E-state index in [0.29, 0.717) is 17.3 Å². The van der Waals surface area contributed by atoms with Crippen LogP contribution in [0, 0.1) is 17.6 Å². The minimum atomic E-state index is -0.716. The van der Waals surface area contributed by atoms with Gasteiger partial charge in [-0.15, -0.1) is 11.3 Å². The summed E-state index contributed by atoms with van der Waals surface area (Å²) in [7, 11) is 0. The second-order valence-electron chi connectivity index (χ2n) is 6.37. The van der Waals surface area contributed by atoms with E-state index >= 15 is 0 Å². The highest BCUT2D eigenvalue weighted by Gasteiger charge is 2.20. The van der Waals surface area contributed by atoms with Gasteiger partial charge in [0, 0.05) is 30.5 Å². The van der Waals surface area contributed by atoms with Crippen molar-refractivity contribution in [2.24, 2.45) is 5.92 Å². The van der Waals surface area contributed by atoms with Gasteiger partial charge in [0.1, 0.15) is 22.3 Å². The number of aromatic nitrogens is 1. The van der Waals surface area contributed by atoms with E-state index in [1.165, 1.54) is 24.3 Å². The molecule has 2 aromatic rings. The second-order valence-corrected chi connectivity index (χ2v) is 7.26. The Kier molecular flexibility index (Phi) is 6.79. The lowest BCUT2D eigenvalue weighted by molar-refractivity contribution is -0.119. The zero-order valence-electron chi connectivity index (χ0n) is 14.8. The van der Waals surface area contributed by atoms with Gasteiger partial charge in [-0.1, -0.05) is 19.9 Å². The molecule has 0 aliphatic heterocycles. The van der Waals surface area contributed by atoms with E-state index in [1.807, 2.05) is 13.8 Å². The molecular weight excluding hydrogens is 360 g/mol. The van der Waals surface area contributed by atoms with Gasteiger partial charge in [0.25, 0.3) is 5.91 Å². The third-order valence-electron chi connectivity index (χ3n) is 3.59. The van der Waals surface area contributed by atoms with Crippen LogP contribution in [0.25, 0.3) is 0 Å². The minimum Gasteiger partial charge on any atom is -0.347 e. The SMILES string of the molecule is CC(=O)N[C@H](CC(C)C)c1nc(C(=O)NCc2ccc(F)cc2F)cs1. The highest BCUT2D eigenvalue weighted by atomic mass is 32.1. The van der Waals surface area contributed by atoms with Gasteiger partial charge in [0.15, 0.2) is 0 Å². The topological polar surface area (TPSA) is 71.1 Å². The summed E-state index contributed by atoms with van der Waals surface area (Å²) in [6, 6.07) is 2.93. The largest absolute Gasteiger partial charge is 0.347 e. The van der Waals surface area contributed by atoms with Crippen LogP contribution in [-0.2, 0) is 11.3 Å². The lowest BCUT2D eigenvalue weighted by atomic mass is 10.0. The van der Waals surface area contributed by atoms with Gasteiger partial charge >= 0.3 is 0 Å². The van der Waals surface area contributed by atoms with Crippen molar-refractivity contribution in [3.8, 4) is 0 Å². The molecule has 2 amide bonds. The average Bonchev–Trinajstić information content (AvgIpc) is 3.02. The van der Waals surface area contributed by atoms with Crippen LogP contribution in [0.2, 0.25) is 0 Å². The maximum atomic E-state index is 13.6. The highest BCUT2D eigenvalue weighted by Crippen LogP contribution is 2.24. The third-order valence-corrected chi connectivity index (χ3v) is 4.55. The summed E-state index contributed by atoms with van der Waals surface area (Å²) in [5.41, 5.74) is 0.387. The number of benzene rings is 1. The van der Waals surface area contributed by atoms with Crippen LogP contribution < -0.4 is 10.6 Å². The lowest BCUT2D eigenvalue weighted by Gasteiger charge is -2.17. The fourth-order valence-electron chi connectivity index (χ4n) is 2.42. The molecule has 26 heavy (non-hydrogen) atoms. The Morgan fingerprint density at radius 1 is 1.27 bits per heavy atom. The smallest absolute Gasteiger partial charge is 0.271 e. The van der Waals surface area contributed by atoms with Gasteiger partial charge in [-0.25, -0.2) is 13.8 Å². The highest BCUT2D eigenvalue weighted by molar-refractivity contribution is 7.09. The van der Waals surface area contributed by atoms with Crippen molar-refractivity contribution < 1.29 is 18.4 Å². The summed E-state index contributed by atoms with van der Waals surface area (Å²) in [5.74, 6) is -1.66. The van der Waals surface area contributed by atoms with Crippen molar-refractivity contribution in [3.63, 3.8) is 0 Å². The Labute approximate surface area is 154 Å². The van der Waals surface area contributed by atoms with Crippen molar-refractivity contribution >= 4 is 23.2 Å². The molecule has 0 spiro atoms. The van der Waals surface area contributed by atoms with Crippen LogP contribution in [-0.4, -0.2) is 16.8 Å². The Morgan fingerprint density at radius 2 is 2.00 bits per heavy atom. The van der Waals surface area contributed by atoms with Gasteiger partial charge in [-0.05, 0) is 18.4 Å². The maximum Gasteiger partial charge on any atom is 0.271 e. The third kappa shape index (κ3) is 5.59. The van der Waals surface area contributed by atoms with Crippen molar-refractivity contribution in [2.45, 2.75) is 39.8 Å². The minimum absolute atomic E-state index is 0.0705. The molecule has 1 atom stereocenters. The molecule has 0 saturated heterocycles. The number of halogens is 2. The predicted molar refractivity (Wildman–Crippen MR) is 95.7 cm³/mol. The summed E-state index contributed by atoms with van der Waals surface area (Å²) in [4.78, 5) is 27.9. The lowest BCUT2D eigenvalue weighted by Crippen LogP contribution is -2.27. The van der Waals surface area contributed by atoms with Crippen LogP contribution in [0.3, 0.4) is 0 Å². The van der Waals surface area contributed by atoms with Gasteiger partial charge in [0.05, 0.1) is 6.04 Å². The standard InChI is InChI=1S/C18H21F2N3O2S/c1-10(2)6-15(22-11(3)24)18-23-16(9-26-18)17(25)21-8-12-4-5-13(19)7-14(12)20/h4-5,7,9-10,15H,6,8H2,1-3H3,(H,21,25)(H,22,24)/t15-/m1/s1. The molecule has 0 bridgehead atoms. The van der Waals surface area contributed by atoms with Crippen molar-refractivity contribution in [3.05, 3.63) is 51.5 Å². The van der Waals surface area contributed by atoms with Gasteiger partial charge in [0.2, 0.25) is 5.91 Å². The van der Waals surface area contributed by atoms with Crippen molar-refractivity contribution in [1.29, 1.82) is 0 Å². The van der Waals surface area contributed by atoms with E-state index < -0.39 is 17.5 Å². The molecule has 2 rings (SSSR count). The number of thiazole rings is 1. The first-order chi connectivity index (χ1) is 12.3. The first kappa shape index (κ1) is 20.0. The Bertz CT molecular complexity index is 792. The Balaban J connectivity index is 2.04. The van der Waals surface area contributed by atoms with E-state index in [4.69, 9.17) is 0 Å². The number of hydrogen-bond donors (Lipinski definition) is 2. The summed E-state index contributed by atoms with van der Waals surface area (Å²) in [5, 5.41) is 7.65. The summed E-state index contributed by atoms with van der Waals surface area (Å²) in [6.45, 7) is 5.44. The van der Waals surface area contributed by atoms with Crippen molar-refractivity contribution in [2.75, 3.05) is 0 Å². The zero-order chi connectivity index (χ0) is 19.3. The summed E-state index contributed by atoms with van der Waals surface area (Å²) >= 11 is 1.29. The molecule has 5 nitrogen and oxygen atoms in total. The van der Waals surface area contributed by atoms with Gasteiger partial charge in [-0.2, -0.15) is 0 Å². The molecule has 1 heterocycles. The summed E-state index contributed by atoms with van der Waals surface area (Å²) < 4.78 is 26.5. The molecule has 1 aromatic carbocycles. The molecule has 0 aliphatic rings. The number of nitrogens with zero attached hydrogens (tertiary/aromatic N) is 1. The predicted octanol–water partition coefficient (Wildman–Crippen LogP) is 3.57.